The van der Waals surface area contributed by atoms with Crippen LogP contribution in [-0.4, -0.2) is 26.3 Å². The monoisotopic (exact) mass is 474 g/mol. The van der Waals surface area contributed by atoms with Crippen molar-refractivity contribution in [3.8, 4) is 23.0 Å². The predicted octanol–water partition coefficient (Wildman–Crippen LogP) is 6.70. The first-order valence-electron chi connectivity index (χ1n) is 12.4. The normalized spacial score (nSPS) is 15.9. The lowest BCUT2D eigenvalue weighted by molar-refractivity contribution is -0.149. The van der Waals surface area contributed by atoms with Crippen molar-refractivity contribution < 1.29 is 23.7 Å². The SMILES string of the molecule is COc1ccc2cc1Oc1cc(ccc1OC)CCC(OC(=O)CCc1ccccc1)CCCC2. The summed E-state index contributed by atoms with van der Waals surface area (Å²) in [4.78, 5) is 12.6. The third-order valence-electron chi connectivity index (χ3n) is 6.43. The van der Waals surface area contributed by atoms with Gasteiger partial charge in [0.2, 0.25) is 0 Å². The van der Waals surface area contributed by atoms with E-state index in [0.717, 1.165) is 49.7 Å². The van der Waals surface area contributed by atoms with Crippen molar-refractivity contribution in [3.63, 3.8) is 0 Å². The van der Waals surface area contributed by atoms with Gasteiger partial charge in [0.05, 0.1) is 14.2 Å². The van der Waals surface area contributed by atoms with E-state index in [1.807, 2.05) is 60.7 Å². The summed E-state index contributed by atoms with van der Waals surface area (Å²) in [7, 11) is 3.29. The van der Waals surface area contributed by atoms with Crippen molar-refractivity contribution in [1.29, 1.82) is 0 Å². The molecule has 5 heteroatoms. The Kier molecular flexibility index (Phi) is 8.66. The summed E-state index contributed by atoms with van der Waals surface area (Å²) in [5, 5.41) is 0. The van der Waals surface area contributed by atoms with E-state index in [4.69, 9.17) is 18.9 Å². The number of fused-ring (bicyclic) bond motifs is 4. The minimum atomic E-state index is -0.126. The van der Waals surface area contributed by atoms with E-state index in [-0.39, 0.29) is 12.1 Å². The third kappa shape index (κ3) is 7.01. The number of rotatable bonds is 6. The molecular weight excluding hydrogens is 440 g/mol. The number of methoxy groups -OCH3 is 2. The van der Waals surface area contributed by atoms with Crippen molar-refractivity contribution in [3.05, 3.63) is 83.4 Å². The molecule has 3 aromatic rings. The molecular formula is C30H34O5. The van der Waals surface area contributed by atoms with E-state index >= 15 is 0 Å². The van der Waals surface area contributed by atoms with Crippen molar-refractivity contribution in [2.24, 2.45) is 0 Å². The summed E-state index contributed by atoms with van der Waals surface area (Å²) < 4.78 is 23.3. The molecule has 0 spiro atoms. The van der Waals surface area contributed by atoms with E-state index in [1.165, 1.54) is 5.56 Å². The molecule has 0 fully saturated rings. The smallest absolute Gasteiger partial charge is 0.306 e. The summed E-state index contributed by atoms with van der Waals surface area (Å²) >= 11 is 0. The molecule has 4 rings (SSSR count). The van der Waals surface area contributed by atoms with Gasteiger partial charge in [0, 0.05) is 6.42 Å². The summed E-state index contributed by atoms with van der Waals surface area (Å²) in [5.41, 5.74) is 3.45. The lowest BCUT2D eigenvalue weighted by atomic mass is 10.00. The zero-order valence-corrected chi connectivity index (χ0v) is 20.6. The number of ether oxygens (including phenoxy) is 4. The predicted molar refractivity (Wildman–Crippen MR) is 137 cm³/mol. The molecule has 4 bridgehead atoms. The largest absolute Gasteiger partial charge is 0.493 e. The van der Waals surface area contributed by atoms with Crippen LogP contribution >= 0.6 is 0 Å². The highest BCUT2D eigenvalue weighted by Crippen LogP contribution is 2.38. The molecule has 0 saturated carbocycles. The first-order valence-corrected chi connectivity index (χ1v) is 12.4. The maximum absolute atomic E-state index is 12.6. The first-order chi connectivity index (χ1) is 17.1. The molecule has 1 aliphatic heterocycles. The maximum atomic E-state index is 12.6. The molecule has 35 heavy (non-hydrogen) atoms. The topological polar surface area (TPSA) is 54.0 Å². The van der Waals surface area contributed by atoms with Gasteiger partial charge in [-0.25, -0.2) is 0 Å². The van der Waals surface area contributed by atoms with E-state index in [0.29, 0.717) is 35.8 Å². The van der Waals surface area contributed by atoms with Crippen LogP contribution in [-0.2, 0) is 28.8 Å². The Bertz CT molecular complexity index is 1110. The molecule has 5 nitrogen and oxygen atoms in total. The average molecular weight is 475 g/mol. The number of carbonyl (C=O) groups excluding carboxylic acids is 1. The van der Waals surface area contributed by atoms with Crippen LogP contribution in [0.1, 0.15) is 48.8 Å². The molecule has 3 aromatic carbocycles. The highest BCUT2D eigenvalue weighted by Gasteiger charge is 2.17. The number of carbonyl (C=O) groups is 1. The van der Waals surface area contributed by atoms with Crippen molar-refractivity contribution in [2.75, 3.05) is 14.2 Å². The van der Waals surface area contributed by atoms with Gasteiger partial charge >= 0.3 is 5.97 Å². The Morgan fingerprint density at radius 1 is 0.829 bits per heavy atom. The van der Waals surface area contributed by atoms with Crippen molar-refractivity contribution in [1.82, 2.24) is 0 Å². The van der Waals surface area contributed by atoms with Crippen LogP contribution < -0.4 is 14.2 Å². The molecule has 0 aromatic heterocycles. The highest BCUT2D eigenvalue weighted by molar-refractivity contribution is 5.70. The molecule has 1 atom stereocenters. The van der Waals surface area contributed by atoms with Gasteiger partial charge < -0.3 is 18.9 Å². The zero-order valence-electron chi connectivity index (χ0n) is 20.6. The number of aryl methyl sites for hydroxylation is 3. The minimum Gasteiger partial charge on any atom is -0.493 e. The number of hydrogen-bond acceptors (Lipinski definition) is 5. The third-order valence-corrected chi connectivity index (χ3v) is 6.43. The van der Waals surface area contributed by atoms with Crippen LogP contribution in [0, 0.1) is 0 Å². The molecule has 1 aliphatic rings. The van der Waals surface area contributed by atoms with Crippen LogP contribution in [0.15, 0.2) is 66.7 Å². The molecule has 0 N–H and O–H groups in total. The second-order valence-corrected chi connectivity index (χ2v) is 8.95. The fraction of sp³-hybridized carbons (Fsp3) is 0.367. The fourth-order valence-electron chi connectivity index (χ4n) is 4.46. The van der Waals surface area contributed by atoms with Gasteiger partial charge in [-0.15, -0.1) is 0 Å². The van der Waals surface area contributed by atoms with E-state index in [2.05, 4.69) is 6.07 Å². The van der Waals surface area contributed by atoms with Gasteiger partial charge in [-0.3, -0.25) is 4.79 Å². The Morgan fingerprint density at radius 3 is 2.14 bits per heavy atom. The first kappa shape index (κ1) is 24.6. The lowest BCUT2D eigenvalue weighted by Gasteiger charge is -2.20. The number of benzene rings is 3. The van der Waals surface area contributed by atoms with E-state index in [9.17, 15) is 4.79 Å². The highest BCUT2D eigenvalue weighted by atomic mass is 16.5. The summed E-state index contributed by atoms with van der Waals surface area (Å²) in [5.74, 6) is 2.56. The van der Waals surface area contributed by atoms with E-state index in [1.54, 1.807) is 14.2 Å². The molecule has 0 radical (unpaired) electrons. The van der Waals surface area contributed by atoms with Gasteiger partial charge in [-0.05, 0) is 85.9 Å². The summed E-state index contributed by atoms with van der Waals surface area (Å²) in [6, 6.07) is 22.1. The fourth-order valence-corrected chi connectivity index (χ4v) is 4.46. The van der Waals surface area contributed by atoms with E-state index < -0.39 is 0 Å². The lowest BCUT2D eigenvalue weighted by Crippen LogP contribution is -2.19. The van der Waals surface area contributed by atoms with Gasteiger partial charge in [-0.1, -0.05) is 42.5 Å². The summed E-state index contributed by atoms with van der Waals surface area (Å²) in [6.45, 7) is 0. The van der Waals surface area contributed by atoms with Crippen molar-refractivity contribution in [2.45, 2.75) is 57.5 Å². The average Bonchev–Trinajstić information content (AvgIpc) is 2.89. The molecule has 0 amide bonds. The van der Waals surface area contributed by atoms with Crippen LogP contribution in [0.25, 0.3) is 0 Å². The zero-order chi connectivity index (χ0) is 24.5. The van der Waals surface area contributed by atoms with Crippen LogP contribution in [0.2, 0.25) is 0 Å². The van der Waals surface area contributed by atoms with Crippen LogP contribution in [0.3, 0.4) is 0 Å². The van der Waals surface area contributed by atoms with Crippen LogP contribution in [0.5, 0.6) is 23.0 Å². The molecule has 1 heterocycles. The quantitative estimate of drug-likeness (QED) is 0.372. The Hall–Kier alpha value is -3.47. The van der Waals surface area contributed by atoms with Crippen LogP contribution in [0.4, 0.5) is 0 Å². The second-order valence-electron chi connectivity index (χ2n) is 8.95. The van der Waals surface area contributed by atoms with Gasteiger partial charge in [0.1, 0.15) is 6.10 Å². The molecule has 1 unspecified atom stereocenters. The summed E-state index contributed by atoms with van der Waals surface area (Å²) in [6.07, 6.45) is 6.35. The second kappa shape index (κ2) is 12.3. The Labute approximate surface area is 208 Å². The van der Waals surface area contributed by atoms with Gasteiger partial charge in [0.15, 0.2) is 23.0 Å². The number of hydrogen-bond donors (Lipinski definition) is 0. The molecule has 0 saturated heterocycles. The standard InChI is InChI=1S/C30H34O5/c1-32-26-17-13-23-10-6-7-11-25(34-30(31)19-15-22-8-4-3-5-9-22)16-12-24-14-18-27(33-2)29(21-24)35-28(26)20-23/h3-5,8-9,13-14,17-18,20-21,25H,6-7,10-12,15-16,19H2,1-2H3. The minimum absolute atomic E-state index is 0.0980. The Balaban J connectivity index is 1.49. The van der Waals surface area contributed by atoms with Gasteiger partial charge in [-0.2, -0.15) is 0 Å². The number of esters is 1. The molecule has 184 valence electrons. The Morgan fingerprint density at radius 2 is 1.49 bits per heavy atom. The van der Waals surface area contributed by atoms with Gasteiger partial charge in [0.25, 0.3) is 0 Å². The maximum Gasteiger partial charge on any atom is 0.306 e. The van der Waals surface area contributed by atoms with Crippen molar-refractivity contribution >= 4 is 5.97 Å². The molecule has 0 aliphatic carbocycles.